The van der Waals surface area contributed by atoms with E-state index >= 15 is 0 Å². The Morgan fingerprint density at radius 3 is 2.24 bits per heavy atom. The highest BCUT2D eigenvalue weighted by Gasteiger charge is 2.27. The van der Waals surface area contributed by atoms with Gasteiger partial charge in [0.1, 0.15) is 12.3 Å². The van der Waals surface area contributed by atoms with Crippen LogP contribution in [0.15, 0.2) is 119 Å². The first-order valence-corrected chi connectivity index (χ1v) is 14.8. The third-order valence-electron chi connectivity index (χ3n) is 6.04. The van der Waals surface area contributed by atoms with Crippen molar-refractivity contribution in [2.75, 3.05) is 17.5 Å². The molecule has 0 aromatic heterocycles. The Labute approximate surface area is 249 Å². The van der Waals surface area contributed by atoms with Crippen LogP contribution in [0.5, 0.6) is 5.75 Å². The predicted octanol–water partition coefficient (Wildman–Crippen LogP) is 4.94. The lowest BCUT2D eigenvalue weighted by Gasteiger charge is -2.23. The maximum atomic E-state index is 13.3. The molecule has 216 valence electrons. The van der Waals surface area contributed by atoms with Crippen molar-refractivity contribution in [2.24, 2.45) is 5.10 Å². The van der Waals surface area contributed by atoms with Gasteiger partial charge in [-0.1, -0.05) is 66.2 Å². The van der Waals surface area contributed by atoms with Crippen molar-refractivity contribution in [2.45, 2.75) is 17.9 Å². The van der Waals surface area contributed by atoms with Gasteiger partial charge in [0.25, 0.3) is 21.8 Å². The van der Waals surface area contributed by atoms with Crippen molar-refractivity contribution in [3.63, 3.8) is 0 Å². The number of benzene rings is 4. The molecule has 0 aliphatic carbocycles. The number of halogens is 1. The number of amides is 2. The lowest BCUT2D eigenvalue weighted by molar-refractivity contribution is -0.123. The standard InChI is InChI=1S/C31H29ClN4O5S/c1-23(25-9-4-2-5-10-25)34-31(38)22-41-28-17-15-24(16-18-28)20-33-35-30(37)21-36(27-12-8-11-26(32)19-27)42(39,40)29-13-6-3-7-14-29/h2-20,23H,21-22H2,1H3,(H,34,38)(H,35,37)/b33-20-/t23-/m0/s1. The van der Waals surface area contributed by atoms with Crippen molar-refractivity contribution in [3.8, 4) is 5.75 Å². The number of anilines is 1. The second kappa shape index (κ2) is 14.3. The summed E-state index contributed by atoms with van der Waals surface area (Å²) in [5.41, 5.74) is 4.25. The second-order valence-electron chi connectivity index (χ2n) is 9.16. The number of carbonyl (C=O) groups excluding carboxylic acids is 2. The fourth-order valence-electron chi connectivity index (χ4n) is 3.92. The molecule has 11 heteroatoms. The summed E-state index contributed by atoms with van der Waals surface area (Å²) < 4.78 is 33.2. The zero-order valence-electron chi connectivity index (χ0n) is 22.7. The second-order valence-corrected chi connectivity index (χ2v) is 11.5. The Bertz CT molecular complexity index is 1630. The highest BCUT2D eigenvalue weighted by atomic mass is 35.5. The molecule has 2 N–H and O–H groups in total. The van der Waals surface area contributed by atoms with E-state index in [0.717, 1.165) is 9.87 Å². The van der Waals surface area contributed by atoms with E-state index in [9.17, 15) is 18.0 Å². The van der Waals surface area contributed by atoms with Crippen molar-refractivity contribution < 1.29 is 22.7 Å². The molecule has 0 spiro atoms. The monoisotopic (exact) mass is 604 g/mol. The maximum Gasteiger partial charge on any atom is 0.264 e. The average molecular weight is 605 g/mol. The first-order chi connectivity index (χ1) is 20.2. The van der Waals surface area contributed by atoms with Crippen LogP contribution in [0.3, 0.4) is 0 Å². The van der Waals surface area contributed by atoms with Crippen LogP contribution >= 0.6 is 11.6 Å². The molecule has 4 aromatic rings. The van der Waals surface area contributed by atoms with Gasteiger partial charge in [-0.15, -0.1) is 0 Å². The van der Waals surface area contributed by atoms with Crippen LogP contribution in [-0.4, -0.2) is 39.6 Å². The summed E-state index contributed by atoms with van der Waals surface area (Å²) in [4.78, 5) is 25.0. The molecule has 4 aromatic carbocycles. The minimum absolute atomic E-state index is 0.0340. The smallest absolute Gasteiger partial charge is 0.264 e. The van der Waals surface area contributed by atoms with Crippen LogP contribution in [0.25, 0.3) is 0 Å². The molecular weight excluding hydrogens is 576 g/mol. The van der Waals surface area contributed by atoms with Gasteiger partial charge >= 0.3 is 0 Å². The Kier molecular flexibility index (Phi) is 10.3. The van der Waals surface area contributed by atoms with Crippen molar-refractivity contribution in [1.82, 2.24) is 10.7 Å². The molecule has 2 amide bonds. The Balaban J connectivity index is 1.32. The molecule has 0 radical (unpaired) electrons. The van der Waals surface area contributed by atoms with Crippen molar-refractivity contribution in [1.29, 1.82) is 0 Å². The first kappa shape index (κ1) is 30.3. The number of carbonyl (C=O) groups is 2. The first-order valence-electron chi connectivity index (χ1n) is 12.9. The minimum Gasteiger partial charge on any atom is -0.484 e. The molecule has 0 saturated heterocycles. The Morgan fingerprint density at radius 1 is 0.905 bits per heavy atom. The normalized spacial score (nSPS) is 12.0. The fraction of sp³-hybridized carbons (Fsp3) is 0.129. The molecule has 0 unspecified atom stereocenters. The van der Waals surface area contributed by atoms with Gasteiger partial charge in [0.15, 0.2) is 6.61 Å². The SMILES string of the molecule is C[C@H](NC(=O)COc1ccc(/C=N\NC(=O)CN(c2cccc(Cl)c2)S(=O)(=O)c2ccccc2)cc1)c1ccccc1. The molecule has 42 heavy (non-hydrogen) atoms. The van der Waals surface area contributed by atoms with Crippen LogP contribution in [0.2, 0.25) is 5.02 Å². The van der Waals surface area contributed by atoms with Gasteiger partial charge in [-0.3, -0.25) is 13.9 Å². The van der Waals surface area contributed by atoms with Crippen LogP contribution in [0.1, 0.15) is 24.1 Å². The van der Waals surface area contributed by atoms with E-state index in [0.29, 0.717) is 16.3 Å². The third-order valence-corrected chi connectivity index (χ3v) is 8.07. The van der Waals surface area contributed by atoms with Crippen LogP contribution in [0, 0.1) is 0 Å². The van der Waals surface area contributed by atoms with Crippen LogP contribution < -0.4 is 19.8 Å². The van der Waals surface area contributed by atoms with E-state index < -0.39 is 22.5 Å². The van der Waals surface area contributed by atoms with Gasteiger partial charge < -0.3 is 10.1 Å². The summed E-state index contributed by atoms with van der Waals surface area (Å²) in [6.07, 6.45) is 1.41. The van der Waals surface area contributed by atoms with Gasteiger partial charge in [0, 0.05) is 5.02 Å². The topological polar surface area (TPSA) is 117 Å². The van der Waals surface area contributed by atoms with E-state index in [4.69, 9.17) is 16.3 Å². The molecule has 0 heterocycles. The number of rotatable bonds is 12. The Hall–Kier alpha value is -4.67. The van der Waals surface area contributed by atoms with Gasteiger partial charge in [-0.05, 0) is 72.6 Å². The minimum atomic E-state index is -4.06. The van der Waals surface area contributed by atoms with E-state index in [1.807, 2.05) is 37.3 Å². The van der Waals surface area contributed by atoms with Gasteiger partial charge in [-0.25, -0.2) is 13.8 Å². The molecule has 0 aliphatic heterocycles. The van der Waals surface area contributed by atoms with E-state index in [-0.39, 0.29) is 29.1 Å². The third kappa shape index (κ3) is 8.42. The number of ether oxygens (including phenoxy) is 1. The van der Waals surface area contributed by atoms with Crippen molar-refractivity contribution in [3.05, 3.63) is 125 Å². The van der Waals surface area contributed by atoms with E-state index in [1.165, 1.54) is 24.4 Å². The van der Waals surface area contributed by atoms with Gasteiger partial charge in [0.2, 0.25) is 0 Å². The average Bonchev–Trinajstić information content (AvgIpc) is 3.00. The predicted molar refractivity (Wildman–Crippen MR) is 163 cm³/mol. The number of hydrogen-bond acceptors (Lipinski definition) is 6. The molecule has 0 fully saturated rings. The molecule has 9 nitrogen and oxygen atoms in total. The number of hydrogen-bond donors (Lipinski definition) is 2. The summed E-state index contributed by atoms with van der Waals surface area (Å²) in [7, 11) is -4.06. The molecule has 0 aliphatic rings. The number of nitrogens with zero attached hydrogens (tertiary/aromatic N) is 2. The lowest BCUT2D eigenvalue weighted by atomic mass is 10.1. The fourth-order valence-corrected chi connectivity index (χ4v) is 5.54. The quantitative estimate of drug-likeness (QED) is 0.175. The highest BCUT2D eigenvalue weighted by Crippen LogP contribution is 2.26. The largest absolute Gasteiger partial charge is 0.484 e. The van der Waals surface area contributed by atoms with Gasteiger partial charge in [0.05, 0.1) is 22.8 Å². The molecule has 4 rings (SSSR count). The highest BCUT2D eigenvalue weighted by molar-refractivity contribution is 7.92. The molecular formula is C31H29ClN4O5S. The van der Waals surface area contributed by atoms with Crippen LogP contribution in [-0.2, 0) is 19.6 Å². The molecule has 1 atom stereocenters. The van der Waals surface area contributed by atoms with Crippen LogP contribution in [0.4, 0.5) is 5.69 Å². The molecule has 0 bridgehead atoms. The number of hydrazone groups is 1. The van der Waals surface area contributed by atoms with Crippen molar-refractivity contribution >= 4 is 45.3 Å². The Morgan fingerprint density at radius 2 is 1.57 bits per heavy atom. The van der Waals surface area contributed by atoms with E-state index in [1.54, 1.807) is 60.7 Å². The lowest BCUT2D eigenvalue weighted by Crippen LogP contribution is -2.39. The number of sulfonamides is 1. The van der Waals surface area contributed by atoms with E-state index in [2.05, 4.69) is 15.8 Å². The maximum absolute atomic E-state index is 13.3. The zero-order chi connectivity index (χ0) is 30.0. The molecule has 0 saturated carbocycles. The summed E-state index contributed by atoms with van der Waals surface area (Å²) in [5, 5.41) is 7.17. The number of nitrogens with one attached hydrogen (secondary N) is 2. The zero-order valence-corrected chi connectivity index (χ0v) is 24.3. The van der Waals surface area contributed by atoms with Gasteiger partial charge in [-0.2, -0.15) is 5.10 Å². The summed E-state index contributed by atoms with van der Waals surface area (Å²) in [6.45, 7) is 1.24. The summed E-state index contributed by atoms with van der Waals surface area (Å²) in [5.74, 6) is -0.413. The summed E-state index contributed by atoms with van der Waals surface area (Å²) >= 11 is 6.09. The summed E-state index contributed by atoms with van der Waals surface area (Å²) in [6, 6.07) is 30.3.